The first-order valence-electron chi connectivity index (χ1n) is 7.30. The molecule has 0 aromatic heterocycles. The third kappa shape index (κ3) is 2.70. The number of hydrogen-bond acceptors (Lipinski definition) is 2. The van der Waals surface area contributed by atoms with Gasteiger partial charge in [-0.1, -0.05) is 12.1 Å². The summed E-state index contributed by atoms with van der Waals surface area (Å²) in [4.78, 5) is 13.4. The fraction of sp³-hybridized carbons (Fsp3) is 0.562. The molecular formula is C16H20ClNO2. The first-order chi connectivity index (χ1) is 9.65. The molecule has 4 heteroatoms. The average Bonchev–Trinajstić information content (AvgIpc) is 3.05. The van der Waals surface area contributed by atoms with Gasteiger partial charge in [0.1, 0.15) is 0 Å². The molecule has 2 heterocycles. The van der Waals surface area contributed by atoms with Crippen LogP contribution in [0.4, 0.5) is 5.69 Å². The summed E-state index contributed by atoms with van der Waals surface area (Å²) in [6.45, 7) is 0.894. The molecule has 0 saturated carbocycles. The van der Waals surface area contributed by atoms with Crippen LogP contribution in [0.2, 0.25) is 0 Å². The molecule has 1 aromatic carbocycles. The Hall–Kier alpha value is -1.06. The van der Waals surface area contributed by atoms with E-state index in [-0.39, 0.29) is 11.3 Å². The van der Waals surface area contributed by atoms with Crippen molar-refractivity contribution in [1.29, 1.82) is 0 Å². The molecule has 0 radical (unpaired) electrons. The predicted molar refractivity (Wildman–Crippen MR) is 80.4 cm³/mol. The van der Waals surface area contributed by atoms with Gasteiger partial charge < -0.3 is 9.64 Å². The molecule has 20 heavy (non-hydrogen) atoms. The number of halogens is 1. The Bertz CT molecular complexity index is 511. The van der Waals surface area contributed by atoms with Gasteiger partial charge in [-0.3, -0.25) is 4.79 Å². The molecule has 1 aromatic rings. The van der Waals surface area contributed by atoms with Gasteiger partial charge >= 0.3 is 0 Å². The van der Waals surface area contributed by atoms with Crippen LogP contribution in [0.1, 0.15) is 42.2 Å². The number of carbonyl (C=O) groups excluding carboxylic acids is 1. The van der Waals surface area contributed by atoms with E-state index in [1.807, 2.05) is 19.2 Å². The van der Waals surface area contributed by atoms with Crippen molar-refractivity contribution in [3.8, 4) is 0 Å². The van der Waals surface area contributed by atoms with Crippen molar-refractivity contribution in [3.05, 3.63) is 29.3 Å². The standard InChI is InChI=1S/C16H20ClNO2/c1-18-15-7-4-11(9-12(15)10-16(18)19)14(17)6-5-13-3-2-8-20-13/h4,7,9,13-14H,2-3,5-6,8,10H2,1H3. The largest absolute Gasteiger partial charge is 0.378 e. The van der Waals surface area contributed by atoms with E-state index in [0.717, 1.165) is 42.7 Å². The van der Waals surface area contributed by atoms with Crippen LogP contribution in [0, 0.1) is 0 Å². The number of hydrogen-bond donors (Lipinski definition) is 0. The SMILES string of the molecule is CN1C(=O)Cc2cc(C(Cl)CCC3CCCO3)ccc21. The minimum Gasteiger partial charge on any atom is -0.378 e. The Morgan fingerprint density at radius 1 is 1.50 bits per heavy atom. The normalized spacial score (nSPS) is 23.2. The molecule has 2 atom stereocenters. The maximum absolute atomic E-state index is 11.7. The van der Waals surface area contributed by atoms with Crippen molar-refractivity contribution >= 4 is 23.2 Å². The monoisotopic (exact) mass is 293 g/mol. The lowest BCUT2D eigenvalue weighted by atomic mass is 10.0. The lowest BCUT2D eigenvalue weighted by molar-refractivity contribution is -0.117. The highest BCUT2D eigenvalue weighted by Gasteiger charge is 2.25. The number of anilines is 1. The zero-order valence-corrected chi connectivity index (χ0v) is 12.5. The summed E-state index contributed by atoms with van der Waals surface area (Å²) >= 11 is 6.51. The van der Waals surface area contributed by atoms with Gasteiger partial charge in [0, 0.05) is 19.3 Å². The Morgan fingerprint density at radius 2 is 2.35 bits per heavy atom. The second-order valence-electron chi connectivity index (χ2n) is 5.70. The molecule has 1 fully saturated rings. The molecule has 0 spiro atoms. The summed E-state index contributed by atoms with van der Waals surface area (Å²) in [6.07, 6.45) is 5.16. The van der Waals surface area contributed by atoms with Crippen molar-refractivity contribution in [2.45, 2.75) is 43.6 Å². The van der Waals surface area contributed by atoms with E-state index < -0.39 is 0 Å². The summed E-state index contributed by atoms with van der Waals surface area (Å²) in [7, 11) is 1.82. The number of likely N-dealkylation sites (N-methyl/N-ethyl adjacent to an activating group) is 1. The highest BCUT2D eigenvalue weighted by atomic mass is 35.5. The van der Waals surface area contributed by atoms with Gasteiger partial charge in [0.25, 0.3) is 0 Å². The van der Waals surface area contributed by atoms with Crippen LogP contribution in [0.3, 0.4) is 0 Å². The molecule has 1 saturated heterocycles. The third-order valence-electron chi connectivity index (χ3n) is 4.31. The van der Waals surface area contributed by atoms with Crippen LogP contribution in [0.15, 0.2) is 18.2 Å². The van der Waals surface area contributed by atoms with E-state index in [4.69, 9.17) is 16.3 Å². The number of alkyl halides is 1. The second kappa shape index (κ2) is 5.74. The molecule has 2 unspecified atom stereocenters. The molecule has 108 valence electrons. The van der Waals surface area contributed by atoms with Crippen LogP contribution in [0.5, 0.6) is 0 Å². The topological polar surface area (TPSA) is 29.5 Å². The maximum Gasteiger partial charge on any atom is 0.231 e. The molecule has 2 aliphatic heterocycles. The fourth-order valence-electron chi connectivity index (χ4n) is 3.06. The molecule has 3 nitrogen and oxygen atoms in total. The highest BCUT2D eigenvalue weighted by Crippen LogP contribution is 2.34. The number of benzene rings is 1. The molecule has 0 aliphatic carbocycles. The van der Waals surface area contributed by atoms with Crippen LogP contribution in [-0.4, -0.2) is 25.7 Å². The Morgan fingerprint density at radius 3 is 3.10 bits per heavy atom. The van der Waals surface area contributed by atoms with Gasteiger partial charge in [-0.25, -0.2) is 0 Å². The fourth-order valence-corrected chi connectivity index (χ4v) is 3.32. The van der Waals surface area contributed by atoms with Crippen molar-refractivity contribution < 1.29 is 9.53 Å². The first kappa shape index (κ1) is 13.9. The summed E-state index contributed by atoms with van der Waals surface area (Å²) in [5.74, 6) is 0.155. The number of ether oxygens (including phenoxy) is 1. The lowest BCUT2D eigenvalue weighted by Crippen LogP contribution is -2.20. The molecule has 0 N–H and O–H groups in total. The third-order valence-corrected chi connectivity index (χ3v) is 4.78. The van der Waals surface area contributed by atoms with Crippen LogP contribution in [0.25, 0.3) is 0 Å². The van der Waals surface area contributed by atoms with E-state index in [1.54, 1.807) is 4.90 Å². The Balaban J connectivity index is 1.65. The van der Waals surface area contributed by atoms with Crippen molar-refractivity contribution in [1.82, 2.24) is 0 Å². The van der Waals surface area contributed by atoms with Gasteiger partial charge in [-0.15, -0.1) is 11.6 Å². The Labute approximate surface area is 124 Å². The molecule has 1 amide bonds. The second-order valence-corrected chi connectivity index (χ2v) is 6.22. The van der Waals surface area contributed by atoms with Crippen molar-refractivity contribution in [2.75, 3.05) is 18.6 Å². The first-order valence-corrected chi connectivity index (χ1v) is 7.74. The van der Waals surface area contributed by atoms with Gasteiger partial charge in [-0.05, 0) is 42.9 Å². The van der Waals surface area contributed by atoms with Crippen LogP contribution >= 0.6 is 11.6 Å². The van der Waals surface area contributed by atoms with E-state index in [1.165, 1.54) is 6.42 Å². The average molecular weight is 294 g/mol. The Kier molecular flexibility index (Phi) is 3.99. The van der Waals surface area contributed by atoms with E-state index in [9.17, 15) is 4.79 Å². The quantitative estimate of drug-likeness (QED) is 0.796. The number of fused-ring (bicyclic) bond motifs is 1. The lowest BCUT2D eigenvalue weighted by Gasteiger charge is -2.15. The summed E-state index contributed by atoms with van der Waals surface area (Å²) in [5.41, 5.74) is 3.23. The number of rotatable bonds is 4. The molecular weight excluding hydrogens is 274 g/mol. The molecule has 0 bridgehead atoms. The smallest absolute Gasteiger partial charge is 0.231 e. The van der Waals surface area contributed by atoms with E-state index in [2.05, 4.69) is 6.07 Å². The minimum absolute atomic E-state index is 0.00510. The van der Waals surface area contributed by atoms with Crippen LogP contribution in [-0.2, 0) is 16.0 Å². The van der Waals surface area contributed by atoms with E-state index >= 15 is 0 Å². The zero-order chi connectivity index (χ0) is 14.1. The zero-order valence-electron chi connectivity index (χ0n) is 11.8. The molecule has 2 aliphatic rings. The van der Waals surface area contributed by atoms with Gasteiger partial charge in [-0.2, -0.15) is 0 Å². The summed E-state index contributed by atoms with van der Waals surface area (Å²) in [6, 6.07) is 6.14. The van der Waals surface area contributed by atoms with Gasteiger partial charge in [0.15, 0.2) is 0 Å². The van der Waals surface area contributed by atoms with Gasteiger partial charge in [0.05, 0.1) is 17.9 Å². The summed E-state index contributed by atoms with van der Waals surface area (Å²) < 4.78 is 5.63. The predicted octanol–water partition coefficient (Wildman–Crippen LogP) is 3.44. The van der Waals surface area contributed by atoms with Crippen LogP contribution < -0.4 is 4.90 Å². The number of amides is 1. The van der Waals surface area contributed by atoms with Crippen molar-refractivity contribution in [3.63, 3.8) is 0 Å². The maximum atomic E-state index is 11.7. The number of carbonyl (C=O) groups is 1. The minimum atomic E-state index is 0.00510. The summed E-state index contributed by atoms with van der Waals surface area (Å²) in [5, 5.41) is 0.00510. The highest BCUT2D eigenvalue weighted by molar-refractivity contribution is 6.20. The van der Waals surface area contributed by atoms with E-state index in [0.29, 0.717) is 12.5 Å². The molecule has 3 rings (SSSR count). The number of nitrogens with zero attached hydrogens (tertiary/aromatic N) is 1. The van der Waals surface area contributed by atoms with Gasteiger partial charge in [0.2, 0.25) is 5.91 Å². The van der Waals surface area contributed by atoms with Crippen molar-refractivity contribution in [2.24, 2.45) is 0 Å².